The molecule has 1 nitrogen and oxygen atoms in total. The fraction of sp³-hybridized carbons (Fsp3) is 0.385. The van der Waals surface area contributed by atoms with Crippen LogP contribution in [0.5, 0.6) is 5.75 Å². The maximum absolute atomic E-state index is 9.08. The van der Waals surface area contributed by atoms with E-state index < -0.39 is 0 Å². The third-order valence-corrected chi connectivity index (χ3v) is 2.37. The van der Waals surface area contributed by atoms with Gasteiger partial charge in [0.2, 0.25) is 0 Å². The van der Waals surface area contributed by atoms with Crippen LogP contribution in [0.3, 0.4) is 0 Å². The summed E-state index contributed by atoms with van der Waals surface area (Å²) in [6.45, 7) is 4.00. The highest BCUT2D eigenvalue weighted by Gasteiger charge is 2.11. The van der Waals surface area contributed by atoms with Crippen LogP contribution in [0.2, 0.25) is 0 Å². The number of phenols is 1. The van der Waals surface area contributed by atoms with Crippen LogP contribution in [0.25, 0.3) is 0 Å². The van der Waals surface area contributed by atoms with Crippen LogP contribution >= 0.6 is 0 Å². The fourth-order valence-electron chi connectivity index (χ4n) is 1.64. The Morgan fingerprint density at radius 2 is 1.50 bits per heavy atom. The largest absolute Gasteiger partial charge is 0.508 e. The first-order chi connectivity index (χ1) is 6.86. The molecule has 0 bridgehead atoms. The van der Waals surface area contributed by atoms with Crippen molar-refractivity contribution >= 4 is 0 Å². The summed E-state index contributed by atoms with van der Waals surface area (Å²) in [6, 6.07) is 7.53. The molecule has 1 aromatic rings. The van der Waals surface area contributed by atoms with Gasteiger partial charge in [0.15, 0.2) is 0 Å². The number of rotatable bonds is 1. The van der Waals surface area contributed by atoms with Gasteiger partial charge in [-0.05, 0) is 36.5 Å². The van der Waals surface area contributed by atoms with Crippen LogP contribution in [0.4, 0.5) is 0 Å². The Morgan fingerprint density at radius 3 is 2.00 bits per heavy atom. The van der Waals surface area contributed by atoms with Crippen molar-refractivity contribution in [2.45, 2.75) is 32.6 Å². The minimum atomic E-state index is 0.352. The third kappa shape index (κ3) is 2.63. The number of phenolic OH excluding ortho intramolecular Hbond substituents is 1. The van der Waals surface area contributed by atoms with Crippen LogP contribution in [0, 0.1) is 0 Å². The molecular weight excluding hydrogens is 172 g/mol. The van der Waals surface area contributed by atoms with Crippen LogP contribution < -0.4 is 0 Å². The second-order valence-electron chi connectivity index (χ2n) is 3.23. The SMILES string of the molecule is CC.Oc1ccc(C2CC=CC2)cc1. The lowest BCUT2D eigenvalue weighted by Gasteiger charge is -2.08. The summed E-state index contributed by atoms with van der Waals surface area (Å²) in [7, 11) is 0. The number of hydrogen-bond acceptors (Lipinski definition) is 1. The standard InChI is InChI=1S/C11H12O.C2H6/c12-11-7-5-10(6-8-11)9-3-1-2-4-9;1-2/h1-2,5-9,12H,3-4H2;1-2H3. The van der Waals surface area contributed by atoms with E-state index in [2.05, 4.69) is 12.2 Å². The highest BCUT2D eigenvalue weighted by atomic mass is 16.3. The van der Waals surface area contributed by atoms with Gasteiger partial charge < -0.3 is 5.11 Å². The zero-order valence-corrected chi connectivity index (χ0v) is 8.90. The van der Waals surface area contributed by atoms with E-state index >= 15 is 0 Å². The van der Waals surface area contributed by atoms with Crippen molar-refractivity contribution in [3.05, 3.63) is 42.0 Å². The molecule has 0 spiro atoms. The van der Waals surface area contributed by atoms with Gasteiger partial charge >= 0.3 is 0 Å². The molecule has 0 saturated carbocycles. The molecule has 0 fully saturated rings. The first kappa shape index (κ1) is 10.8. The molecule has 1 heteroatoms. The highest BCUT2D eigenvalue weighted by molar-refractivity contribution is 5.30. The number of hydrogen-bond donors (Lipinski definition) is 1. The van der Waals surface area contributed by atoms with Gasteiger partial charge in [-0.15, -0.1) is 0 Å². The van der Waals surface area contributed by atoms with Crippen LogP contribution in [-0.4, -0.2) is 5.11 Å². The Labute approximate surface area is 86.1 Å². The fourth-order valence-corrected chi connectivity index (χ4v) is 1.64. The molecule has 0 heterocycles. The Kier molecular flexibility index (Phi) is 4.24. The lowest BCUT2D eigenvalue weighted by Crippen LogP contribution is -1.90. The van der Waals surface area contributed by atoms with Gasteiger partial charge in [-0.1, -0.05) is 38.1 Å². The zero-order chi connectivity index (χ0) is 10.4. The minimum Gasteiger partial charge on any atom is -0.508 e. The maximum Gasteiger partial charge on any atom is 0.115 e. The van der Waals surface area contributed by atoms with Gasteiger partial charge in [0, 0.05) is 0 Å². The molecule has 1 aromatic carbocycles. The maximum atomic E-state index is 9.08. The molecule has 0 aromatic heterocycles. The Bertz CT molecular complexity index is 277. The molecule has 1 N–H and O–H groups in total. The van der Waals surface area contributed by atoms with E-state index in [-0.39, 0.29) is 0 Å². The van der Waals surface area contributed by atoms with Crippen molar-refractivity contribution in [1.82, 2.24) is 0 Å². The molecule has 14 heavy (non-hydrogen) atoms. The highest BCUT2D eigenvalue weighted by Crippen LogP contribution is 2.29. The lowest BCUT2D eigenvalue weighted by atomic mass is 9.97. The quantitative estimate of drug-likeness (QED) is 0.667. The smallest absolute Gasteiger partial charge is 0.115 e. The monoisotopic (exact) mass is 190 g/mol. The lowest BCUT2D eigenvalue weighted by molar-refractivity contribution is 0.475. The number of benzene rings is 1. The van der Waals surface area contributed by atoms with Crippen molar-refractivity contribution < 1.29 is 5.11 Å². The normalized spacial score (nSPS) is 15.0. The summed E-state index contributed by atoms with van der Waals surface area (Å²) >= 11 is 0. The molecule has 76 valence electrons. The van der Waals surface area contributed by atoms with Crippen LogP contribution in [0.1, 0.15) is 38.2 Å². The van der Waals surface area contributed by atoms with E-state index in [4.69, 9.17) is 5.11 Å². The van der Waals surface area contributed by atoms with Gasteiger partial charge in [0.25, 0.3) is 0 Å². The van der Waals surface area contributed by atoms with E-state index in [1.807, 2.05) is 26.0 Å². The van der Waals surface area contributed by atoms with Gasteiger partial charge in [0.05, 0.1) is 0 Å². The summed E-state index contributed by atoms with van der Waals surface area (Å²) in [5, 5.41) is 9.08. The molecule has 1 aliphatic carbocycles. The molecule has 0 amide bonds. The number of aromatic hydroxyl groups is 1. The van der Waals surface area contributed by atoms with E-state index in [0.717, 1.165) is 12.8 Å². The first-order valence-electron chi connectivity index (χ1n) is 5.30. The van der Waals surface area contributed by atoms with E-state index in [1.54, 1.807) is 12.1 Å². The zero-order valence-electron chi connectivity index (χ0n) is 8.90. The molecule has 0 saturated heterocycles. The van der Waals surface area contributed by atoms with Crippen molar-refractivity contribution in [3.8, 4) is 5.75 Å². The molecule has 2 rings (SSSR count). The Hall–Kier alpha value is -1.24. The van der Waals surface area contributed by atoms with Crippen molar-refractivity contribution in [1.29, 1.82) is 0 Å². The first-order valence-corrected chi connectivity index (χ1v) is 5.30. The van der Waals surface area contributed by atoms with Gasteiger partial charge in [-0.3, -0.25) is 0 Å². The topological polar surface area (TPSA) is 20.2 Å². The summed E-state index contributed by atoms with van der Waals surface area (Å²) in [5.41, 5.74) is 1.33. The van der Waals surface area contributed by atoms with E-state index in [0.29, 0.717) is 11.7 Å². The Morgan fingerprint density at radius 1 is 1.00 bits per heavy atom. The van der Waals surface area contributed by atoms with Crippen molar-refractivity contribution in [3.63, 3.8) is 0 Å². The van der Waals surface area contributed by atoms with Crippen LogP contribution in [-0.2, 0) is 0 Å². The van der Waals surface area contributed by atoms with Gasteiger partial charge in [0.1, 0.15) is 5.75 Å². The summed E-state index contributed by atoms with van der Waals surface area (Å²) in [4.78, 5) is 0. The predicted octanol–water partition coefficient (Wildman–Crippen LogP) is 3.85. The van der Waals surface area contributed by atoms with E-state index in [9.17, 15) is 0 Å². The third-order valence-electron chi connectivity index (χ3n) is 2.37. The minimum absolute atomic E-state index is 0.352. The second kappa shape index (κ2) is 5.48. The van der Waals surface area contributed by atoms with Crippen molar-refractivity contribution in [2.24, 2.45) is 0 Å². The van der Waals surface area contributed by atoms with E-state index in [1.165, 1.54) is 5.56 Å². The molecule has 0 atom stereocenters. The average molecular weight is 190 g/mol. The summed E-state index contributed by atoms with van der Waals surface area (Å²) in [5.74, 6) is 0.996. The number of allylic oxidation sites excluding steroid dienone is 2. The predicted molar refractivity (Wildman–Crippen MR) is 60.6 cm³/mol. The summed E-state index contributed by atoms with van der Waals surface area (Å²) in [6.07, 6.45) is 6.73. The average Bonchev–Trinajstić information content (AvgIpc) is 2.75. The second-order valence-corrected chi connectivity index (χ2v) is 3.23. The van der Waals surface area contributed by atoms with Gasteiger partial charge in [-0.2, -0.15) is 0 Å². The van der Waals surface area contributed by atoms with Crippen molar-refractivity contribution in [2.75, 3.05) is 0 Å². The molecule has 0 unspecified atom stereocenters. The molecule has 0 aliphatic heterocycles. The van der Waals surface area contributed by atoms with Crippen LogP contribution in [0.15, 0.2) is 36.4 Å². The Balaban J connectivity index is 0.000000461. The molecule has 1 aliphatic rings. The van der Waals surface area contributed by atoms with Gasteiger partial charge in [-0.25, -0.2) is 0 Å². The summed E-state index contributed by atoms with van der Waals surface area (Å²) < 4.78 is 0. The molecule has 0 radical (unpaired) electrons. The molecular formula is C13H18O.